The summed E-state index contributed by atoms with van der Waals surface area (Å²) in [5.74, 6) is 3.99. The number of fused-ring (bicyclic) bond motifs is 14. The summed E-state index contributed by atoms with van der Waals surface area (Å²) in [6, 6.07) is 110. The summed E-state index contributed by atoms with van der Waals surface area (Å²) in [5, 5.41) is 13.1. The molecule has 7 nitrogen and oxygen atoms in total. The van der Waals surface area contributed by atoms with Crippen LogP contribution in [0.25, 0.3) is 169 Å². The van der Waals surface area contributed by atoms with Crippen molar-refractivity contribution in [3.8, 4) is 85.1 Å². The lowest BCUT2D eigenvalue weighted by Crippen LogP contribution is -2.00. The molecule has 0 saturated heterocycles. The molecule has 0 atom stereocenters. The molecule has 0 spiro atoms. The molecule has 0 N–H and O–H groups in total. The third-order valence-electron chi connectivity index (χ3n) is 18.3. The van der Waals surface area contributed by atoms with Gasteiger partial charge >= 0.3 is 0 Å². The summed E-state index contributed by atoms with van der Waals surface area (Å²) in [4.78, 5) is 29.7. The molecule has 1 aliphatic rings. The van der Waals surface area contributed by atoms with Gasteiger partial charge in [0.2, 0.25) is 0 Å². The lowest BCUT2D eigenvalue weighted by Gasteiger charge is -2.10. The average molecular weight is 1300 g/mol. The van der Waals surface area contributed by atoms with E-state index in [0.29, 0.717) is 34.9 Å². The maximum Gasteiger partial charge on any atom is 0.164 e. The van der Waals surface area contributed by atoms with Crippen LogP contribution in [0.2, 0.25) is 5.02 Å². The average Bonchev–Trinajstić information content (AvgIpc) is 1.60. The molecular formula is C87H54ClN7S2. The zero-order valence-electron chi connectivity index (χ0n) is 52.1. The third kappa shape index (κ3) is 10.7. The Hall–Kier alpha value is -11.9. The molecule has 0 bridgehead atoms. The Morgan fingerprint density at radius 3 is 1.26 bits per heavy atom. The van der Waals surface area contributed by atoms with Crippen LogP contribution in [0.4, 0.5) is 0 Å². The Bertz CT molecular complexity index is 6130. The molecule has 0 amide bonds. The minimum atomic E-state index is 0.661. The van der Waals surface area contributed by atoms with E-state index < -0.39 is 0 Å². The molecule has 0 fully saturated rings. The van der Waals surface area contributed by atoms with E-state index in [4.69, 9.17) is 41.5 Å². The van der Waals surface area contributed by atoms with Gasteiger partial charge in [-0.3, -0.25) is 0 Å². The molecule has 0 radical (unpaired) electrons. The summed E-state index contributed by atoms with van der Waals surface area (Å²) >= 11 is 9.80. The molecule has 20 rings (SSSR count). The third-order valence-corrected chi connectivity index (χ3v) is 20.7. The van der Waals surface area contributed by atoms with Gasteiger partial charge in [-0.25, -0.2) is 29.9 Å². The molecule has 14 aromatic carbocycles. The Labute approximate surface area is 571 Å². The van der Waals surface area contributed by atoms with Crippen molar-refractivity contribution in [2.45, 2.75) is 6.42 Å². The highest BCUT2D eigenvalue weighted by atomic mass is 35.5. The molecule has 1 aliphatic carbocycles. The van der Waals surface area contributed by atoms with E-state index >= 15 is 0 Å². The first-order valence-corrected chi connectivity index (χ1v) is 34.3. The van der Waals surface area contributed by atoms with Crippen LogP contribution in [0, 0.1) is 0 Å². The number of nitrogens with zero attached hydrogens (tertiary/aromatic N) is 7. The van der Waals surface area contributed by atoms with E-state index in [1.807, 2.05) is 145 Å². The van der Waals surface area contributed by atoms with Crippen LogP contribution in [0.3, 0.4) is 0 Å². The van der Waals surface area contributed by atoms with Crippen molar-refractivity contribution in [1.29, 1.82) is 0 Å². The second-order valence-electron chi connectivity index (χ2n) is 24.2. The Morgan fingerprint density at radius 1 is 0.268 bits per heavy atom. The predicted octanol–water partition coefficient (Wildman–Crippen LogP) is 23.8. The Morgan fingerprint density at radius 2 is 0.701 bits per heavy atom. The van der Waals surface area contributed by atoms with Crippen molar-refractivity contribution < 1.29 is 0 Å². The van der Waals surface area contributed by atoms with Crippen LogP contribution in [-0.2, 0) is 6.42 Å². The number of aromatic nitrogens is 7. The topological polar surface area (TPSA) is 82.3 Å². The minimum absolute atomic E-state index is 0.661. The molecule has 5 aromatic heterocycles. The SMILES string of the molecule is Clc1ccc2c(c1)sc1cccc(-c3nc(-c4ccccc4)nc(-c4ccccc4)n3)c12.c1ccc(-c2nc(-c3ccccc3)nc(-c3cccc4sc5cc(-n6c7ccccc7c7cc8ccccc8cc76)ccc5c34)n2)cc1.c1ccc2c(c1)Cc1cc3ccccc3cc1-2. The van der Waals surface area contributed by atoms with Crippen molar-refractivity contribution in [1.82, 2.24) is 34.5 Å². The number of benzene rings is 14. The second-order valence-corrected chi connectivity index (χ2v) is 26.8. The highest BCUT2D eigenvalue weighted by Crippen LogP contribution is 2.45. The largest absolute Gasteiger partial charge is 0.309 e. The quantitative estimate of drug-likeness (QED) is 0.158. The van der Waals surface area contributed by atoms with E-state index in [1.54, 1.807) is 11.3 Å². The van der Waals surface area contributed by atoms with Crippen LogP contribution < -0.4 is 0 Å². The molecule has 97 heavy (non-hydrogen) atoms. The van der Waals surface area contributed by atoms with Crippen LogP contribution >= 0.6 is 34.3 Å². The van der Waals surface area contributed by atoms with Gasteiger partial charge in [0, 0.05) is 95.2 Å². The van der Waals surface area contributed by atoms with Crippen molar-refractivity contribution in [3.05, 3.63) is 332 Å². The summed E-state index contributed by atoms with van der Waals surface area (Å²) < 4.78 is 7.17. The maximum absolute atomic E-state index is 6.25. The minimum Gasteiger partial charge on any atom is -0.309 e. The van der Waals surface area contributed by atoms with Gasteiger partial charge in [-0.2, -0.15) is 0 Å². The van der Waals surface area contributed by atoms with Gasteiger partial charge < -0.3 is 4.57 Å². The normalized spacial score (nSPS) is 11.7. The first kappa shape index (κ1) is 57.8. The summed E-state index contributed by atoms with van der Waals surface area (Å²) in [5.41, 5.74) is 15.2. The van der Waals surface area contributed by atoms with Crippen LogP contribution in [0.1, 0.15) is 11.1 Å². The number of thiophene rings is 2. The zero-order chi connectivity index (χ0) is 64.3. The number of hydrogen-bond acceptors (Lipinski definition) is 8. The summed E-state index contributed by atoms with van der Waals surface area (Å²) in [6.07, 6.45) is 1.08. The fraction of sp³-hybridized carbons (Fsp3) is 0.0115. The number of rotatable bonds is 7. The van der Waals surface area contributed by atoms with E-state index in [2.05, 4.69) is 187 Å². The molecule has 456 valence electrons. The molecular weight excluding hydrogens is 1240 g/mol. The number of hydrogen-bond donors (Lipinski definition) is 0. The van der Waals surface area contributed by atoms with Crippen molar-refractivity contribution in [2.75, 3.05) is 0 Å². The predicted molar refractivity (Wildman–Crippen MR) is 407 cm³/mol. The monoisotopic (exact) mass is 1300 g/mol. The zero-order valence-corrected chi connectivity index (χ0v) is 54.4. The Kier molecular flexibility index (Phi) is 14.6. The van der Waals surface area contributed by atoms with E-state index in [9.17, 15) is 0 Å². The first-order valence-electron chi connectivity index (χ1n) is 32.3. The van der Waals surface area contributed by atoms with Crippen molar-refractivity contribution in [3.63, 3.8) is 0 Å². The lowest BCUT2D eigenvalue weighted by atomic mass is 10.0. The molecule has 0 saturated carbocycles. The first-order chi connectivity index (χ1) is 48.0. The van der Waals surface area contributed by atoms with Gasteiger partial charge in [0.05, 0.1) is 11.0 Å². The van der Waals surface area contributed by atoms with Gasteiger partial charge in [0.15, 0.2) is 34.9 Å². The highest BCUT2D eigenvalue weighted by molar-refractivity contribution is 7.26. The maximum atomic E-state index is 6.25. The molecule has 0 aliphatic heterocycles. The van der Waals surface area contributed by atoms with Gasteiger partial charge in [0.1, 0.15) is 0 Å². The fourth-order valence-electron chi connectivity index (χ4n) is 13.7. The lowest BCUT2D eigenvalue weighted by molar-refractivity contribution is 1.08. The number of para-hydroxylation sites is 1. The van der Waals surface area contributed by atoms with E-state index in [0.717, 1.165) is 66.0 Å². The molecule has 10 heteroatoms. The van der Waals surface area contributed by atoms with Crippen LogP contribution in [-0.4, -0.2) is 34.5 Å². The van der Waals surface area contributed by atoms with Crippen LogP contribution in [0.5, 0.6) is 0 Å². The van der Waals surface area contributed by atoms with Gasteiger partial charge in [-0.1, -0.05) is 266 Å². The van der Waals surface area contributed by atoms with Crippen molar-refractivity contribution >= 4 is 118 Å². The van der Waals surface area contributed by atoms with Crippen molar-refractivity contribution in [2.24, 2.45) is 0 Å². The van der Waals surface area contributed by atoms with Gasteiger partial charge in [-0.15, -0.1) is 22.7 Å². The van der Waals surface area contributed by atoms with Gasteiger partial charge in [-0.05, 0) is 111 Å². The second kappa shape index (κ2) is 24.5. The summed E-state index contributed by atoms with van der Waals surface area (Å²) in [7, 11) is 0. The van der Waals surface area contributed by atoms with Crippen LogP contribution in [0.15, 0.2) is 315 Å². The number of halogens is 1. The standard InChI is InChI=1S/C43H26N4S.C27H16ClN3S.C17H12/c1-3-12-27(13-4-1)41-44-42(28-14-5-2-6-15-28)46-43(45-41)34-19-11-21-38-40(34)33-23-22-31(26-39(33)48-38)47-36-20-10-9-18-32(36)35-24-29-16-7-8-17-30(29)25-37(35)47;28-19-14-15-20-23(16-19)32-22-13-7-12-21(24(20)22)27-30-25(17-8-3-1-4-9-17)29-26(31-27)18-10-5-2-6-11-18;1-2-6-13-11-17-15(9-12(13)5-1)10-14-7-3-4-8-16(14)17/h1-26H;1-16H;1-9,11H,10H2. The Balaban J connectivity index is 0.000000119. The van der Waals surface area contributed by atoms with Gasteiger partial charge in [0.25, 0.3) is 0 Å². The summed E-state index contributed by atoms with van der Waals surface area (Å²) in [6.45, 7) is 0. The smallest absolute Gasteiger partial charge is 0.164 e. The molecule has 5 heterocycles. The fourth-order valence-corrected chi connectivity index (χ4v) is 16.3. The highest BCUT2D eigenvalue weighted by Gasteiger charge is 2.22. The molecule has 19 aromatic rings. The molecule has 0 unspecified atom stereocenters. The van der Waals surface area contributed by atoms with E-state index in [1.165, 1.54) is 90.5 Å². The van der Waals surface area contributed by atoms with E-state index in [-0.39, 0.29) is 0 Å².